The monoisotopic (exact) mass is 78.1 g/mol. The Morgan fingerprint density at radius 3 is 1.00 bits per heavy atom. The Kier molecular flexibility index (Phi) is 6.80. The largest absolute Gasteiger partial charge is 0.344 e. The van der Waals surface area contributed by atoms with Crippen LogP contribution in [0.5, 0.6) is 0 Å². The molecule has 0 amide bonds. The van der Waals surface area contributed by atoms with Crippen molar-refractivity contribution >= 4 is 0 Å². The molecule has 4 nitrogen and oxygen atoms in total. The lowest BCUT2D eigenvalue weighted by Gasteiger charge is -1.84. The number of hydrogen-bond acceptors (Lipinski definition) is 4. The number of hydrogen-bond donors (Lipinski definition) is 4. The normalized spacial score (nSPS) is 7.20. The molecule has 0 fully saturated rings. The van der Waals surface area contributed by atoms with Gasteiger partial charge in [-0.25, -0.2) is 0 Å². The van der Waals surface area contributed by atoms with Gasteiger partial charge in [-0.3, -0.25) is 0 Å². The molecule has 0 atom stereocenters. The summed E-state index contributed by atoms with van der Waals surface area (Å²) in [5, 5.41) is 0. The van der Waals surface area contributed by atoms with Crippen LogP contribution < -0.4 is 23.4 Å². The Hall–Kier alpha value is -0.160. The van der Waals surface area contributed by atoms with Gasteiger partial charge in [0.15, 0.2) is 0 Å². The van der Waals surface area contributed by atoms with E-state index in [-0.39, 0.29) is 6.15 Å². The summed E-state index contributed by atoms with van der Waals surface area (Å²) in [5.41, 5.74) is 14.0. The number of rotatable bonds is 0. The first kappa shape index (κ1) is 8.85. The maximum Gasteiger partial charge on any atom is 0.104 e. The summed E-state index contributed by atoms with van der Waals surface area (Å²) < 4.78 is 0. The highest BCUT2D eigenvalue weighted by Gasteiger charge is 1.64. The summed E-state index contributed by atoms with van der Waals surface area (Å²) in [5.74, 6) is 0. The lowest BCUT2D eigenvalue weighted by atomic mass is 11.0. The molecule has 0 saturated carbocycles. The predicted octanol–water partition coefficient (Wildman–Crippen LogP) is -1.69. The van der Waals surface area contributed by atoms with Crippen LogP contribution in [-0.4, -0.2) is 6.29 Å². The van der Waals surface area contributed by atoms with Crippen molar-refractivity contribution in [1.82, 2.24) is 6.15 Å². The summed E-state index contributed by atoms with van der Waals surface area (Å²) in [4.78, 5) is 0. The van der Waals surface area contributed by atoms with Crippen LogP contribution in [0, 0.1) is 0 Å². The molecular weight excluding hydrogens is 68.0 g/mol. The highest BCUT2D eigenvalue weighted by Crippen LogP contribution is 1.17. The van der Waals surface area contributed by atoms with Gasteiger partial charge in [-0.15, -0.1) is 0 Å². The van der Waals surface area contributed by atoms with Crippen LogP contribution in [0.15, 0.2) is 0 Å². The molecule has 0 radical (unpaired) electrons. The molecule has 9 N–H and O–H groups in total. The van der Waals surface area contributed by atoms with Crippen LogP contribution in [0.3, 0.4) is 0 Å². The Morgan fingerprint density at radius 1 is 1.00 bits per heavy atom. The highest BCUT2D eigenvalue weighted by atomic mass is 15.0. The quantitative estimate of drug-likeness (QED) is 0.259. The molecule has 0 heterocycles. The fraction of sp³-hybridized carbons (Fsp3) is 1.00. The SMILES string of the molecule is N.NC(N)N. The number of nitrogens with two attached hydrogens (primary N) is 3. The van der Waals surface area contributed by atoms with Gasteiger partial charge < -0.3 is 23.4 Å². The minimum atomic E-state index is -0.667. The van der Waals surface area contributed by atoms with Gasteiger partial charge in [0.2, 0.25) is 0 Å². The smallest absolute Gasteiger partial charge is 0.104 e. The van der Waals surface area contributed by atoms with Crippen LogP contribution in [0.1, 0.15) is 0 Å². The summed E-state index contributed by atoms with van der Waals surface area (Å²) >= 11 is 0. The van der Waals surface area contributed by atoms with E-state index in [4.69, 9.17) is 0 Å². The van der Waals surface area contributed by atoms with Crippen LogP contribution in [0.25, 0.3) is 0 Å². The zero-order valence-corrected chi connectivity index (χ0v) is 3.02. The van der Waals surface area contributed by atoms with E-state index in [0.717, 1.165) is 0 Å². The van der Waals surface area contributed by atoms with Gasteiger partial charge in [-0.05, 0) is 0 Å². The van der Waals surface area contributed by atoms with E-state index >= 15 is 0 Å². The molecule has 5 heavy (non-hydrogen) atoms. The fourth-order valence-corrected chi connectivity index (χ4v) is 0. The second-order valence-corrected chi connectivity index (χ2v) is 0.577. The lowest BCUT2D eigenvalue weighted by molar-refractivity contribution is 0.750. The zero-order valence-electron chi connectivity index (χ0n) is 3.02. The van der Waals surface area contributed by atoms with Crippen molar-refractivity contribution in [2.24, 2.45) is 17.2 Å². The molecule has 0 aliphatic carbocycles. The van der Waals surface area contributed by atoms with Crippen molar-refractivity contribution in [3.05, 3.63) is 0 Å². The molecule has 0 aliphatic rings. The van der Waals surface area contributed by atoms with E-state index in [1.54, 1.807) is 0 Å². The van der Waals surface area contributed by atoms with Gasteiger partial charge in [0, 0.05) is 0 Å². The van der Waals surface area contributed by atoms with E-state index in [9.17, 15) is 0 Å². The summed E-state index contributed by atoms with van der Waals surface area (Å²) in [7, 11) is 0. The maximum absolute atomic E-state index is 4.67. The van der Waals surface area contributed by atoms with Crippen LogP contribution >= 0.6 is 0 Å². The van der Waals surface area contributed by atoms with Gasteiger partial charge in [-0.1, -0.05) is 0 Å². The zero-order chi connectivity index (χ0) is 3.58. The van der Waals surface area contributed by atoms with Gasteiger partial charge in [0.05, 0.1) is 0 Å². The van der Waals surface area contributed by atoms with E-state index < -0.39 is 6.29 Å². The Labute approximate surface area is 30.9 Å². The van der Waals surface area contributed by atoms with E-state index in [1.165, 1.54) is 0 Å². The predicted molar refractivity (Wildman–Crippen MR) is 21.4 cm³/mol. The summed E-state index contributed by atoms with van der Waals surface area (Å²) in [6.07, 6.45) is -0.667. The lowest BCUT2D eigenvalue weighted by Crippen LogP contribution is -2.39. The summed E-state index contributed by atoms with van der Waals surface area (Å²) in [6, 6.07) is 0. The standard InChI is InChI=1S/CH7N3.H3N/c2-1(3)4;/h1H,2-4H2;1H3. The minimum Gasteiger partial charge on any atom is -0.344 e. The van der Waals surface area contributed by atoms with E-state index in [2.05, 4.69) is 17.2 Å². The van der Waals surface area contributed by atoms with Crippen molar-refractivity contribution in [1.29, 1.82) is 0 Å². The Morgan fingerprint density at radius 2 is 1.00 bits per heavy atom. The molecule has 0 unspecified atom stereocenters. The van der Waals surface area contributed by atoms with Crippen molar-refractivity contribution in [3.63, 3.8) is 0 Å². The van der Waals surface area contributed by atoms with Crippen LogP contribution in [0.2, 0.25) is 0 Å². The van der Waals surface area contributed by atoms with Crippen LogP contribution in [-0.2, 0) is 0 Å². The molecule has 0 aromatic rings. The molecule has 0 aromatic carbocycles. The third-order valence-electron chi connectivity index (χ3n) is 0. The first-order chi connectivity index (χ1) is 1.73. The molecule has 0 rings (SSSR count). The second-order valence-electron chi connectivity index (χ2n) is 0.577. The molecule has 0 aliphatic heterocycles. The third kappa shape index (κ3) is 508. The average molecular weight is 78.1 g/mol. The van der Waals surface area contributed by atoms with Gasteiger partial charge >= 0.3 is 0 Å². The second kappa shape index (κ2) is 3.84. The molecular formula is CH10N4. The highest BCUT2D eigenvalue weighted by molar-refractivity contribution is 4.25. The molecule has 0 spiro atoms. The van der Waals surface area contributed by atoms with E-state index in [1.807, 2.05) is 0 Å². The molecule has 34 valence electrons. The average Bonchev–Trinajstić information content (AvgIpc) is 0.811. The fourth-order valence-electron chi connectivity index (χ4n) is 0. The van der Waals surface area contributed by atoms with Gasteiger partial charge in [-0.2, -0.15) is 0 Å². The third-order valence-corrected chi connectivity index (χ3v) is 0. The maximum atomic E-state index is 4.67. The first-order valence-electron chi connectivity index (χ1n) is 1.00. The van der Waals surface area contributed by atoms with Crippen molar-refractivity contribution in [2.75, 3.05) is 0 Å². The van der Waals surface area contributed by atoms with Crippen molar-refractivity contribution < 1.29 is 0 Å². The summed E-state index contributed by atoms with van der Waals surface area (Å²) in [6.45, 7) is 0. The van der Waals surface area contributed by atoms with E-state index in [0.29, 0.717) is 0 Å². The Balaban J connectivity index is 0. The van der Waals surface area contributed by atoms with Gasteiger partial charge in [0.1, 0.15) is 6.29 Å². The molecule has 0 saturated heterocycles. The van der Waals surface area contributed by atoms with Crippen molar-refractivity contribution in [2.45, 2.75) is 6.29 Å². The molecule has 4 heteroatoms. The first-order valence-corrected chi connectivity index (χ1v) is 1.00. The Bertz CT molecular complexity index is 8.36. The van der Waals surface area contributed by atoms with Crippen molar-refractivity contribution in [3.8, 4) is 0 Å². The molecule has 0 bridgehead atoms. The topological polar surface area (TPSA) is 113 Å². The van der Waals surface area contributed by atoms with Crippen LogP contribution in [0.4, 0.5) is 0 Å². The minimum absolute atomic E-state index is 0. The van der Waals surface area contributed by atoms with Gasteiger partial charge in [0.25, 0.3) is 0 Å². The molecule has 0 aromatic heterocycles.